The largest absolute Gasteiger partial charge is 0.323 e. The molecule has 1 fully saturated rings. The third kappa shape index (κ3) is 4.49. The fourth-order valence-corrected chi connectivity index (χ4v) is 3.72. The summed E-state index contributed by atoms with van der Waals surface area (Å²) in [5.74, 6) is 0. The molecule has 0 unspecified atom stereocenters. The number of nitrogens with zero attached hydrogens (tertiary/aromatic N) is 3. The van der Waals surface area contributed by atoms with Gasteiger partial charge in [-0.15, -0.1) is 0 Å². The summed E-state index contributed by atoms with van der Waals surface area (Å²) in [4.78, 5) is 21.6. The highest BCUT2D eigenvalue weighted by atomic mass is 16.2. The lowest BCUT2D eigenvalue weighted by atomic mass is 10.1. The van der Waals surface area contributed by atoms with Gasteiger partial charge in [0.25, 0.3) is 0 Å². The maximum absolute atomic E-state index is 12.7. The maximum Gasteiger partial charge on any atom is 0.321 e. The van der Waals surface area contributed by atoms with Crippen LogP contribution in [0.15, 0.2) is 60.7 Å². The molecular weight excluding hydrogens is 348 g/mol. The molecule has 1 aliphatic rings. The van der Waals surface area contributed by atoms with Crippen LogP contribution in [0, 0.1) is 6.92 Å². The van der Waals surface area contributed by atoms with Crippen LogP contribution in [0.3, 0.4) is 0 Å². The number of hydrogen-bond donors (Lipinski definition) is 1. The van der Waals surface area contributed by atoms with Crippen molar-refractivity contribution in [2.45, 2.75) is 19.9 Å². The molecule has 0 spiro atoms. The Hall–Kier alpha value is -2.92. The first-order chi connectivity index (χ1) is 13.7. The van der Waals surface area contributed by atoms with Gasteiger partial charge in [-0.1, -0.05) is 36.4 Å². The van der Waals surface area contributed by atoms with Crippen LogP contribution in [0.1, 0.15) is 17.8 Å². The second-order valence-corrected chi connectivity index (χ2v) is 7.38. The van der Waals surface area contributed by atoms with Crippen molar-refractivity contribution in [1.82, 2.24) is 14.8 Å². The van der Waals surface area contributed by atoms with Gasteiger partial charge in [0.1, 0.15) is 0 Å². The van der Waals surface area contributed by atoms with Crippen molar-refractivity contribution in [3.05, 3.63) is 72.1 Å². The minimum absolute atomic E-state index is 0.0224. The molecule has 5 nitrogen and oxygen atoms in total. The highest BCUT2D eigenvalue weighted by Crippen LogP contribution is 2.19. The topological polar surface area (TPSA) is 48.5 Å². The van der Waals surface area contributed by atoms with Gasteiger partial charge in [0.05, 0.1) is 5.69 Å². The molecule has 0 bridgehead atoms. The maximum atomic E-state index is 12.7. The van der Waals surface area contributed by atoms with E-state index < -0.39 is 0 Å². The smallest absolute Gasteiger partial charge is 0.321 e. The molecule has 1 N–H and O–H groups in total. The molecule has 28 heavy (non-hydrogen) atoms. The zero-order chi connectivity index (χ0) is 19.3. The average molecular weight is 374 g/mol. The lowest BCUT2D eigenvalue weighted by molar-refractivity contribution is 0.211. The lowest BCUT2D eigenvalue weighted by Gasteiger charge is -2.22. The van der Waals surface area contributed by atoms with Gasteiger partial charge in [-0.2, -0.15) is 0 Å². The minimum atomic E-state index is -0.0224. The first-order valence-corrected chi connectivity index (χ1v) is 9.87. The molecule has 4 rings (SSSR count). The molecule has 5 heteroatoms. The molecular formula is C23H26N4O. The predicted molar refractivity (Wildman–Crippen MR) is 113 cm³/mol. The minimum Gasteiger partial charge on any atom is -0.323 e. The summed E-state index contributed by atoms with van der Waals surface area (Å²) in [5, 5.41) is 5.37. The normalized spacial score (nSPS) is 15.4. The number of carbonyl (C=O) groups excluding carboxylic acids is 1. The van der Waals surface area contributed by atoms with Crippen LogP contribution in [0.2, 0.25) is 0 Å². The fourth-order valence-electron chi connectivity index (χ4n) is 3.72. The molecule has 0 atom stereocenters. The van der Waals surface area contributed by atoms with Crippen molar-refractivity contribution in [3.63, 3.8) is 0 Å². The van der Waals surface area contributed by atoms with Gasteiger partial charge in [0, 0.05) is 44.1 Å². The number of hydrogen-bond acceptors (Lipinski definition) is 3. The predicted octanol–water partition coefficient (Wildman–Crippen LogP) is 4.28. The first-order valence-electron chi connectivity index (χ1n) is 9.87. The Morgan fingerprint density at radius 2 is 1.82 bits per heavy atom. The number of urea groups is 1. The van der Waals surface area contributed by atoms with Crippen molar-refractivity contribution in [2.75, 3.05) is 31.5 Å². The van der Waals surface area contributed by atoms with Gasteiger partial charge in [-0.3, -0.25) is 9.88 Å². The van der Waals surface area contributed by atoms with Crippen LogP contribution in [0.25, 0.3) is 10.8 Å². The summed E-state index contributed by atoms with van der Waals surface area (Å²) in [5.41, 5.74) is 2.98. The average Bonchev–Trinajstić information content (AvgIpc) is 2.94. The van der Waals surface area contributed by atoms with E-state index in [0.29, 0.717) is 0 Å². The van der Waals surface area contributed by atoms with Crippen molar-refractivity contribution in [3.8, 4) is 0 Å². The highest BCUT2D eigenvalue weighted by molar-refractivity contribution is 5.93. The number of fused-ring (bicyclic) bond motifs is 1. The molecule has 144 valence electrons. The van der Waals surface area contributed by atoms with Crippen LogP contribution >= 0.6 is 0 Å². The number of anilines is 1. The van der Waals surface area contributed by atoms with Gasteiger partial charge in [0.15, 0.2) is 0 Å². The van der Waals surface area contributed by atoms with Crippen LogP contribution in [-0.2, 0) is 6.54 Å². The van der Waals surface area contributed by atoms with E-state index in [1.54, 1.807) is 0 Å². The molecule has 1 saturated heterocycles. The zero-order valence-electron chi connectivity index (χ0n) is 16.3. The van der Waals surface area contributed by atoms with Gasteiger partial charge in [0.2, 0.25) is 0 Å². The number of aryl methyl sites for hydroxylation is 1. The van der Waals surface area contributed by atoms with E-state index in [9.17, 15) is 4.79 Å². The number of aromatic nitrogens is 1. The summed E-state index contributed by atoms with van der Waals surface area (Å²) in [6.45, 7) is 6.20. The second kappa shape index (κ2) is 8.40. The quantitative estimate of drug-likeness (QED) is 0.744. The Bertz CT molecular complexity index is 971. The summed E-state index contributed by atoms with van der Waals surface area (Å²) in [6.07, 6.45) is 0.969. The van der Waals surface area contributed by atoms with Crippen molar-refractivity contribution >= 4 is 22.5 Å². The number of benzene rings is 2. The number of carbonyl (C=O) groups is 1. The number of rotatable bonds is 3. The monoisotopic (exact) mass is 374 g/mol. The van der Waals surface area contributed by atoms with Crippen LogP contribution in [-0.4, -0.2) is 47.0 Å². The Morgan fingerprint density at radius 3 is 2.68 bits per heavy atom. The first kappa shape index (κ1) is 18.4. The van der Waals surface area contributed by atoms with Gasteiger partial charge in [-0.05, 0) is 48.4 Å². The summed E-state index contributed by atoms with van der Waals surface area (Å²) in [7, 11) is 0. The molecule has 1 aromatic heterocycles. The summed E-state index contributed by atoms with van der Waals surface area (Å²) in [6, 6.07) is 20.3. The van der Waals surface area contributed by atoms with Gasteiger partial charge in [-0.25, -0.2) is 4.79 Å². The van der Waals surface area contributed by atoms with Crippen molar-refractivity contribution < 1.29 is 4.79 Å². The van der Waals surface area contributed by atoms with E-state index in [1.165, 1.54) is 5.39 Å². The van der Waals surface area contributed by atoms with Gasteiger partial charge < -0.3 is 10.2 Å². The lowest BCUT2D eigenvalue weighted by Crippen LogP contribution is -2.38. The molecule has 0 radical (unpaired) electrons. The van der Waals surface area contributed by atoms with E-state index in [1.807, 2.05) is 48.2 Å². The molecule has 2 amide bonds. The van der Waals surface area contributed by atoms with Gasteiger partial charge >= 0.3 is 6.03 Å². The SMILES string of the molecule is Cc1cccc(CN2CCCN(C(=O)Nc3ccc4ccccc4c3)CC2)n1. The number of amides is 2. The second-order valence-electron chi connectivity index (χ2n) is 7.38. The number of pyridine rings is 1. The van der Waals surface area contributed by atoms with Crippen LogP contribution in [0.5, 0.6) is 0 Å². The highest BCUT2D eigenvalue weighted by Gasteiger charge is 2.19. The summed E-state index contributed by atoms with van der Waals surface area (Å²) >= 11 is 0. The van der Waals surface area contributed by atoms with E-state index in [0.717, 1.165) is 61.6 Å². The Balaban J connectivity index is 1.36. The summed E-state index contributed by atoms with van der Waals surface area (Å²) < 4.78 is 0. The van der Waals surface area contributed by atoms with Crippen molar-refractivity contribution in [1.29, 1.82) is 0 Å². The molecule has 1 aliphatic heterocycles. The van der Waals surface area contributed by atoms with E-state index in [-0.39, 0.29) is 6.03 Å². The molecule has 0 saturated carbocycles. The zero-order valence-corrected chi connectivity index (χ0v) is 16.3. The molecule has 2 heterocycles. The molecule has 3 aromatic rings. The van der Waals surface area contributed by atoms with E-state index >= 15 is 0 Å². The Morgan fingerprint density at radius 1 is 0.964 bits per heavy atom. The van der Waals surface area contributed by atoms with Crippen LogP contribution in [0.4, 0.5) is 10.5 Å². The fraction of sp³-hybridized carbons (Fsp3) is 0.304. The van der Waals surface area contributed by atoms with Crippen LogP contribution < -0.4 is 5.32 Å². The van der Waals surface area contributed by atoms with E-state index in [4.69, 9.17) is 0 Å². The Kier molecular flexibility index (Phi) is 5.53. The molecule has 2 aromatic carbocycles. The molecule has 0 aliphatic carbocycles. The standard InChI is InChI=1S/C23H26N4O/c1-18-6-4-9-22(24-18)17-26-12-5-13-27(15-14-26)23(28)25-21-11-10-19-7-2-3-8-20(19)16-21/h2-4,6-11,16H,5,12-15,17H2,1H3,(H,25,28). The van der Waals surface area contributed by atoms with E-state index in [2.05, 4.69) is 39.5 Å². The third-order valence-electron chi connectivity index (χ3n) is 5.21. The third-order valence-corrected chi connectivity index (χ3v) is 5.21. The number of nitrogens with one attached hydrogen (secondary N) is 1. The van der Waals surface area contributed by atoms with Crippen molar-refractivity contribution in [2.24, 2.45) is 0 Å². The Labute approximate surface area is 166 Å².